The molecular formula is C21H35NaO6S. The summed E-state index contributed by atoms with van der Waals surface area (Å²) >= 11 is 0. The predicted molar refractivity (Wildman–Crippen MR) is 109 cm³/mol. The molecule has 29 heavy (non-hydrogen) atoms. The molecule has 0 atom stereocenters. The Balaban J connectivity index is 0.00000784. The second-order valence-electron chi connectivity index (χ2n) is 7.43. The first-order valence-corrected chi connectivity index (χ1v) is 11.9. The Morgan fingerprint density at radius 1 is 0.793 bits per heavy atom. The van der Waals surface area contributed by atoms with Crippen molar-refractivity contribution in [1.29, 1.82) is 0 Å². The van der Waals surface area contributed by atoms with Crippen molar-refractivity contribution in [2.24, 2.45) is 0 Å². The third-order valence-corrected chi connectivity index (χ3v) is 5.29. The van der Waals surface area contributed by atoms with E-state index in [4.69, 9.17) is 0 Å². The SMILES string of the molecule is CCCCCCCCCCCCCCCc1cc(O)c(OS(=O)(=O)[O-])cc1O.[Na+]. The molecule has 0 unspecified atom stereocenters. The average molecular weight is 439 g/mol. The summed E-state index contributed by atoms with van der Waals surface area (Å²) in [4.78, 5) is 0. The molecule has 162 valence electrons. The van der Waals surface area contributed by atoms with Crippen LogP contribution in [0.25, 0.3) is 0 Å². The summed E-state index contributed by atoms with van der Waals surface area (Å²) in [7, 11) is -4.99. The number of unbranched alkanes of at least 4 members (excludes halogenated alkanes) is 12. The van der Waals surface area contributed by atoms with E-state index in [0.29, 0.717) is 12.0 Å². The van der Waals surface area contributed by atoms with Gasteiger partial charge in [-0.1, -0.05) is 84.0 Å². The number of hydrogen-bond donors (Lipinski definition) is 2. The molecule has 0 saturated heterocycles. The van der Waals surface area contributed by atoms with Crippen LogP contribution in [-0.2, 0) is 16.8 Å². The average Bonchev–Trinajstić information content (AvgIpc) is 2.61. The van der Waals surface area contributed by atoms with Gasteiger partial charge in [-0.05, 0) is 24.5 Å². The first kappa shape index (κ1) is 28.5. The van der Waals surface area contributed by atoms with Crippen LogP contribution in [0, 0.1) is 0 Å². The first-order valence-electron chi connectivity index (χ1n) is 10.5. The molecule has 6 nitrogen and oxygen atoms in total. The second kappa shape index (κ2) is 16.3. The van der Waals surface area contributed by atoms with Crippen molar-refractivity contribution < 1.29 is 56.9 Å². The Labute approximate surface area is 198 Å². The van der Waals surface area contributed by atoms with Gasteiger partial charge in [0.1, 0.15) is 5.75 Å². The van der Waals surface area contributed by atoms with Gasteiger partial charge in [0.05, 0.1) is 0 Å². The van der Waals surface area contributed by atoms with Crippen molar-refractivity contribution in [3.63, 3.8) is 0 Å². The third kappa shape index (κ3) is 14.2. The zero-order valence-corrected chi connectivity index (χ0v) is 20.8. The van der Waals surface area contributed by atoms with E-state index in [1.165, 1.54) is 70.3 Å². The number of aryl methyl sites for hydroxylation is 1. The fraction of sp³-hybridized carbons (Fsp3) is 0.714. The van der Waals surface area contributed by atoms with E-state index in [1.807, 2.05) is 0 Å². The molecule has 2 N–H and O–H groups in total. The summed E-state index contributed by atoms with van der Waals surface area (Å²) in [5.41, 5.74) is 0.510. The Morgan fingerprint density at radius 3 is 1.69 bits per heavy atom. The second-order valence-corrected chi connectivity index (χ2v) is 8.42. The molecule has 1 rings (SSSR count). The third-order valence-electron chi connectivity index (χ3n) is 4.90. The number of rotatable bonds is 16. The maximum atomic E-state index is 10.6. The molecule has 0 spiro atoms. The minimum Gasteiger partial charge on any atom is -0.716 e. The van der Waals surface area contributed by atoms with Gasteiger partial charge in [0, 0.05) is 6.07 Å². The summed E-state index contributed by atoms with van der Waals surface area (Å²) in [5.74, 6) is -1.21. The molecule has 0 radical (unpaired) electrons. The van der Waals surface area contributed by atoms with Crippen molar-refractivity contribution in [3.05, 3.63) is 17.7 Å². The molecule has 0 aliphatic rings. The van der Waals surface area contributed by atoms with Gasteiger partial charge in [0.2, 0.25) is 0 Å². The van der Waals surface area contributed by atoms with Gasteiger partial charge < -0.3 is 18.9 Å². The van der Waals surface area contributed by atoms with Gasteiger partial charge in [-0.3, -0.25) is 0 Å². The van der Waals surface area contributed by atoms with E-state index in [-0.39, 0.29) is 35.3 Å². The number of phenols is 2. The van der Waals surface area contributed by atoms with Crippen LogP contribution in [-0.4, -0.2) is 23.2 Å². The van der Waals surface area contributed by atoms with Gasteiger partial charge in [0.15, 0.2) is 11.5 Å². The summed E-state index contributed by atoms with van der Waals surface area (Å²) in [6.07, 6.45) is 16.8. The molecule has 0 heterocycles. The van der Waals surface area contributed by atoms with Crippen LogP contribution in [0.4, 0.5) is 0 Å². The molecule has 0 aromatic heterocycles. The molecule has 0 bridgehead atoms. The van der Waals surface area contributed by atoms with Crippen molar-refractivity contribution >= 4 is 10.4 Å². The van der Waals surface area contributed by atoms with Crippen LogP contribution in [0.3, 0.4) is 0 Å². The smallest absolute Gasteiger partial charge is 0.716 e. The molecule has 0 fully saturated rings. The van der Waals surface area contributed by atoms with Crippen LogP contribution in [0.5, 0.6) is 17.2 Å². The molecule has 8 heteroatoms. The van der Waals surface area contributed by atoms with Crippen LogP contribution in [0.15, 0.2) is 12.1 Å². The molecular weight excluding hydrogens is 403 g/mol. The number of aromatic hydroxyl groups is 2. The monoisotopic (exact) mass is 438 g/mol. The first-order chi connectivity index (χ1) is 13.3. The molecule has 0 saturated carbocycles. The summed E-state index contributed by atoms with van der Waals surface area (Å²) in [6, 6.07) is 2.21. The van der Waals surface area contributed by atoms with Crippen LogP contribution < -0.4 is 33.7 Å². The Morgan fingerprint density at radius 2 is 1.24 bits per heavy atom. The number of phenolic OH excluding ortho intramolecular Hbond substituents is 2. The van der Waals surface area contributed by atoms with E-state index in [1.54, 1.807) is 0 Å². The zero-order valence-electron chi connectivity index (χ0n) is 18.0. The van der Waals surface area contributed by atoms with E-state index in [9.17, 15) is 23.2 Å². The maximum Gasteiger partial charge on any atom is 1.00 e. The van der Waals surface area contributed by atoms with E-state index < -0.39 is 21.9 Å². The fourth-order valence-corrected chi connectivity index (χ4v) is 3.66. The predicted octanol–water partition coefficient (Wildman–Crippen LogP) is 2.57. The topological polar surface area (TPSA) is 107 Å². The van der Waals surface area contributed by atoms with Gasteiger partial charge in [-0.2, -0.15) is 0 Å². The zero-order chi connectivity index (χ0) is 20.8. The molecule has 0 amide bonds. The quantitative estimate of drug-likeness (QED) is 0.135. The summed E-state index contributed by atoms with van der Waals surface area (Å²) < 4.78 is 35.9. The summed E-state index contributed by atoms with van der Waals surface area (Å²) in [6.45, 7) is 2.24. The molecule has 0 aliphatic carbocycles. The minimum atomic E-state index is -4.99. The fourth-order valence-electron chi connectivity index (χ4n) is 3.31. The minimum absolute atomic E-state index is 0. The van der Waals surface area contributed by atoms with E-state index in [0.717, 1.165) is 25.3 Å². The van der Waals surface area contributed by atoms with Gasteiger partial charge >= 0.3 is 29.6 Å². The standard InChI is InChI=1S/C21H36O6S.Na/c1-2-3-4-5-6-7-8-9-10-11-12-13-14-15-18-16-20(23)21(17-19(18)22)27-28(24,25)26;/h16-17,22-23H,2-15H2,1H3,(H,24,25,26);/q;+1/p-1. The van der Waals surface area contributed by atoms with Crippen LogP contribution >= 0.6 is 0 Å². The van der Waals surface area contributed by atoms with Crippen molar-refractivity contribution in [2.45, 2.75) is 96.8 Å². The van der Waals surface area contributed by atoms with E-state index >= 15 is 0 Å². The Hall–Kier alpha value is -0.470. The number of hydrogen-bond acceptors (Lipinski definition) is 6. The molecule has 1 aromatic rings. The maximum absolute atomic E-state index is 10.6. The molecule has 0 aliphatic heterocycles. The Kier molecular flexibility index (Phi) is 16.0. The normalized spacial score (nSPS) is 11.2. The number of benzene rings is 1. The van der Waals surface area contributed by atoms with Crippen LogP contribution in [0.1, 0.15) is 96.0 Å². The summed E-state index contributed by atoms with van der Waals surface area (Å²) in [5, 5.41) is 19.7. The Bertz CT molecular complexity index is 663. The van der Waals surface area contributed by atoms with Crippen molar-refractivity contribution in [2.75, 3.05) is 0 Å². The molecule has 1 aromatic carbocycles. The van der Waals surface area contributed by atoms with Gasteiger partial charge in [-0.15, -0.1) is 0 Å². The van der Waals surface area contributed by atoms with E-state index in [2.05, 4.69) is 11.1 Å². The van der Waals surface area contributed by atoms with Crippen molar-refractivity contribution in [3.8, 4) is 17.2 Å². The largest absolute Gasteiger partial charge is 1.00 e. The van der Waals surface area contributed by atoms with Crippen LogP contribution in [0.2, 0.25) is 0 Å². The van der Waals surface area contributed by atoms with Gasteiger partial charge in [-0.25, -0.2) is 8.42 Å². The van der Waals surface area contributed by atoms with Crippen molar-refractivity contribution in [1.82, 2.24) is 0 Å². The van der Waals surface area contributed by atoms with Gasteiger partial charge in [0.25, 0.3) is 10.4 Å².